The SMILES string of the molecule is CCOc1ccc(C(C)(C)COCC(C)(C)c2ccc(OCC)c(Br)c2)cc1Br. The van der Waals surface area contributed by atoms with E-state index in [1.54, 1.807) is 0 Å². The second-order valence-corrected chi connectivity index (χ2v) is 10.1. The molecule has 0 radical (unpaired) electrons. The van der Waals surface area contributed by atoms with E-state index in [-0.39, 0.29) is 10.8 Å². The highest BCUT2D eigenvalue weighted by atomic mass is 79.9. The smallest absolute Gasteiger partial charge is 0.133 e. The Morgan fingerprint density at radius 3 is 1.38 bits per heavy atom. The highest BCUT2D eigenvalue weighted by Gasteiger charge is 2.26. The van der Waals surface area contributed by atoms with E-state index in [2.05, 4.69) is 83.8 Å². The second-order valence-electron chi connectivity index (χ2n) is 8.42. The summed E-state index contributed by atoms with van der Waals surface area (Å²) in [5.74, 6) is 1.74. The number of benzene rings is 2. The van der Waals surface area contributed by atoms with E-state index in [0.717, 1.165) is 20.4 Å². The topological polar surface area (TPSA) is 27.7 Å². The number of ether oxygens (including phenoxy) is 3. The van der Waals surface area contributed by atoms with Gasteiger partial charge in [0.05, 0.1) is 35.4 Å². The Morgan fingerprint density at radius 2 is 1.07 bits per heavy atom. The highest BCUT2D eigenvalue weighted by Crippen LogP contribution is 2.34. The number of rotatable bonds is 10. The number of halogens is 2. The molecule has 0 N–H and O–H groups in total. The van der Waals surface area contributed by atoms with Gasteiger partial charge in [-0.3, -0.25) is 0 Å². The molecule has 0 aromatic heterocycles. The average molecular weight is 528 g/mol. The number of hydrogen-bond donors (Lipinski definition) is 0. The largest absolute Gasteiger partial charge is 0.493 e. The van der Waals surface area contributed by atoms with Gasteiger partial charge in [0.15, 0.2) is 0 Å². The molecule has 3 nitrogen and oxygen atoms in total. The minimum atomic E-state index is -0.108. The van der Waals surface area contributed by atoms with Crippen LogP contribution in [0.3, 0.4) is 0 Å². The third kappa shape index (κ3) is 6.47. The molecule has 2 aromatic carbocycles. The molecule has 2 rings (SSSR count). The van der Waals surface area contributed by atoms with E-state index < -0.39 is 0 Å². The van der Waals surface area contributed by atoms with Crippen LogP contribution >= 0.6 is 31.9 Å². The van der Waals surface area contributed by atoms with Gasteiger partial charge in [0, 0.05) is 10.8 Å². The van der Waals surface area contributed by atoms with Crippen molar-refractivity contribution in [3.05, 3.63) is 56.5 Å². The summed E-state index contributed by atoms with van der Waals surface area (Å²) in [6.45, 7) is 15.4. The minimum absolute atomic E-state index is 0.108. The lowest BCUT2D eigenvalue weighted by molar-refractivity contribution is 0.0633. The van der Waals surface area contributed by atoms with Crippen LogP contribution in [0, 0.1) is 0 Å². The molecule has 29 heavy (non-hydrogen) atoms. The molecule has 0 unspecified atom stereocenters. The maximum atomic E-state index is 6.21. The summed E-state index contributed by atoms with van der Waals surface area (Å²) in [6.07, 6.45) is 0. The van der Waals surface area contributed by atoms with Crippen molar-refractivity contribution in [1.82, 2.24) is 0 Å². The van der Waals surface area contributed by atoms with Gasteiger partial charge >= 0.3 is 0 Å². The van der Waals surface area contributed by atoms with Crippen molar-refractivity contribution in [2.45, 2.75) is 52.4 Å². The fourth-order valence-electron chi connectivity index (χ4n) is 3.12. The van der Waals surface area contributed by atoms with E-state index in [4.69, 9.17) is 14.2 Å². The maximum Gasteiger partial charge on any atom is 0.133 e. The zero-order valence-corrected chi connectivity index (χ0v) is 21.4. The summed E-state index contributed by atoms with van der Waals surface area (Å²) < 4.78 is 19.4. The Bertz CT molecular complexity index is 748. The van der Waals surface area contributed by atoms with Crippen LogP contribution in [-0.4, -0.2) is 26.4 Å². The third-order valence-corrected chi connectivity index (χ3v) is 6.19. The van der Waals surface area contributed by atoms with Crippen LogP contribution in [0.2, 0.25) is 0 Å². The fraction of sp³-hybridized carbons (Fsp3) is 0.500. The van der Waals surface area contributed by atoms with Gasteiger partial charge in [0.1, 0.15) is 11.5 Å². The van der Waals surface area contributed by atoms with Crippen molar-refractivity contribution in [3.8, 4) is 11.5 Å². The third-order valence-electron chi connectivity index (χ3n) is 4.95. The summed E-state index contributed by atoms with van der Waals surface area (Å²) in [7, 11) is 0. The summed E-state index contributed by atoms with van der Waals surface area (Å²) in [5, 5.41) is 0. The normalized spacial score (nSPS) is 12.1. The molecule has 0 saturated heterocycles. The molecule has 0 saturated carbocycles. The predicted octanol–water partition coefficient (Wildman–Crippen LogP) is 7.28. The highest BCUT2D eigenvalue weighted by molar-refractivity contribution is 9.10. The second kappa shape index (κ2) is 10.3. The van der Waals surface area contributed by atoms with Gasteiger partial charge in [-0.25, -0.2) is 0 Å². The van der Waals surface area contributed by atoms with Crippen LogP contribution in [0.1, 0.15) is 52.7 Å². The first-order valence-corrected chi connectivity index (χ1v) is 11.6. The van der Waals surface area contributed by atoms with Gasteiger partial charge in [-0.1, -0.05) is 39.8 Å². The average Bonchev–Trinajstić information content (AvgIpc) is 2.65. The van der Waals surface area contributed by atoms with Gasteiger partial charge in [-0.2, -0.15) is 0 Å². The summed E-state index contributed by atoms with van der Waals surface area (Å²) >= 11 is 7.23. The fourth-order valence-corrected chi connectivity index (χ4v) is 4.10. The predicted molar refractivity (Wildman–Crippen MR) is 127 cm³/mol. The molecule has 0 atom stereocenters. The molecule has 0 amide bonds. The van der Waals surface area contributed by atoms with E-state index in [1.165, 1.54) is 11.1 Å². The van der Waals surface area contributed by atoms with Crippen LogP contribution in [-0.2, 0) is 15.6 Å². The van der Waals surface area contributed by atoms with Gasteiger partial charge < -0.3 is 14.2 Å². The van der Waals surface area contributed by atoms with E-state index in [0.29, 0.717) is 26.4 Å². The molecule has 0 aliphatic heterocycles. The standard InChI is InChI=1S/C24H32Br2O3/c1-7-28-21-11-9-17(13-19(21)25)23(3,4)15-27-16-24(5,6)18-10-12-22(29-8-2)20(26)14-18/h9-14H,7-8,15-16H2,1-6H3. The molecule has 0 heterocycles. The molecule has 0 aliphatic rings. The van der Waals surface area contributed by atoms with Crippen LogP contribution in [0.5, 0.6) is 11.5 Å². The van der Waals surface area contributed by atoms with Crippen molar-refractivity contribution in [1.29, 1.82) is 0 Å². The Morgan fingerprint density at radius 1 is 0.690 bits per heavy atom. The molecular weight excluding hydrogens is 496 g/mol. The zero-order valence-electron chi connectivity index (χ0n) is 18.3. The monoisotopic (exact) mass is 526 g/mol. The first kappa shape index (κ1) is 24.2. The van der Waals surface area contributed by atoms with Crippen molar-refractivity contribution in [2.24, 2.45) is 0 Å². The van der Waals surface area contributed by atoms with Crippen LogP contribution in [0.15, 0.2) is 45.3 Å². The lowest BCUT2D eigenvalue weighted by atomic mass is 9.84. The van der Waals surface area contributed by atoms with Crippen LogP contribution < -0.4 is 9.47 Å². The van der Waals surface area contributed by atoms with Crippen LogP contribution in [0.4, 0.5) is 0 Å². The van der Waals surface area contributed by atoms with Crippen molar-refractivity contribution >= 4 is 31.9 Å². The van der Waals surface area contributed by atoms with E-state index in [1.807, 2.05) is 26.0 Å². The lowest BCUT2D eigenvalue weighted by Gasteiger charge is -2.30. The minimum Gasteiger partial charge on any atom is -0.493 e. The molecule has 160 valence electrons. The Hall–Kier alpha value is -1.04. The van der Waals surface area contributed by atoms with Gasteiger partial charge in [-0.05, 0) is 81.1 Å². The molecule has 0 spiro atoms. The summed E-state index contributed by atoms with van der Waals surface area (Å²) in [5.41, 5.74) is 2.22. The molecule has 0 bridgehead atoms. The zero-order chi connectivity index (χ0) is 21.7. The Kier molecular flexibility index (Phi) is 8.62. The maximum absolute atomic E-state index is 6.21. The van der Waals surface area contributed by atoms with Crippen molar-refractivity contribution in [3.63, 3.8) is 0 Å². The first-order valence-electron chi connectivity index (χ1n) is 10.0. The molecule has 0 fully saturated rings. The first-order chi connectivity index (χ1) is 13.6. The quantitative estimate of drug-likeness (QED) is 0.325. The van der Waals surface area contributed by atoms with Gasteiger partial charge in [0.2, 0.25) is 0 Å². The lowest BCUT2D eigenvalue weighted by Crippen LogP contribution is -2.30. The van der Waals surface area contributed by atoms with E-state index in [9.17, 15) is 0 Å². The Labute approximate surface area is 192 Å². The van der Waals surface area contributed by atoms with Crippen LogP contribution in [0.25, 0.3) is 0 Å². The molecular formula is C24H32Br2O3. The van der Waals surface area contributed by atoms with Gasteiger partial charge in [0.25, 0.3) is 0 Å². The van der Waals surface area contributed by atoms with Crippen molar-refractivity contribution < 1.29 is 14.2 Å². The number of hydrogen-bond acceptors (Lipinski definition) is 3. The molecule has 5 heteroatoms. The Balaban J connectivity index is 2.03. The molecule has 0 aliphatic carbocycles. The van der Waals surface area contributed by atoms with E-state index >= 15 is 0 Å². The summed E-state index contributed by atoms with van der Waals surface area (Å²) in [4.78, 5) is 0. The van der Waals surface area contributed by atoms with Gasteiger partial charge in [-0.15, -0.1) is 0 Å². The molecule has 2 aromatic rings. The summed E-state index contributed by atoms with van der Waals surface area (Å²) in [6, 6.07) is 12.5. The van der Waals surface area contributed by atoms with Crippen molar-refractivity contribution in [2.75, 3.05) is 26.4 Å².